The van der Waals surface area contributed by atoms with Crippen LogP contribution in [0.4, 0.5) is 0 Å². The predicted molar refractivity (Wildman–Crippen MR) is 89.1 cm³/mol. The summed E-state index contributed by atoms with van der Waals surface area (Å²) >= 11 is 0. The Balaban J connectivity index is 2.03. The Bertz CT molecular complexity index is 809. The van der Waals surface area contributed by atoms with Gasteiger partial charge in [0.05, 0.1) is 5.57 Å². The standard InChI is InChI=1S/C18H18N2O3/c1-20(2)7-8-23-13-9-12-5-3-4-6-14(12)15(10-13)16-11-17(21)19-18(16)22/h3-6,9-11H,7-8H2,1-2H3,(H,19,21,22). The van der Waals surface area contributed by atoms with Crippen molar-refractivity contribution in [3.05, 3.63) is 48.0 Å². The molecule has 0 saturated carbocycles. The normalized spacial score (nSPS) is 14.3. The molecule has 0 atom stereocenters. The Hall–Kier alpha value is -2.66. The molecule has 118 valence electrons. The summed E-state index contributed by atoms with van der Waals surface area (Å²) in [6.45, 7) is 1.35. The monoisotopic (exact) mass is 310 g/mol. The number of nitrogens with one attached hydrogen (secondary N) is 1. The first-order chi connectivity index (χ1) is 11.0. The third-order valence-electron chi connectivity index (χ3n) is 3.69. The summed E-state index contributed by atoms with van der Waals surface area (Å²) in [5, 5.41) is 4.18. The van der Waals surface area contributed by atoms with E-state index in [1.165, 1.54) is 6.08 Å². The van der Waals surface area contributed by atoms with Gasteiger partial charge in [-0.3, -0.25) is 14.9 Å². The van der Waals surface area contributed by atoms with E-state index in [2.05, 4.69) is 5.32 Å². The average molecular weight is 310 g/mol. The second kappa shape index (κ2) is 6.22. The third-order valence-corrected chi connectivity index (χ3v) is 3.69. The number of nitrogens with zero attached hydrogens (tertiary/aromatic N) is 1. The number of likely N-dealkylation sites (N-methyl/N-ethyl adjacent to an activating group) is 1. The molecular weight excluding hydrogens is 292 g/mol. The van der Waals surface area contributed by atoms with Gasteiger partial charge in [0.2, 0.25) is 0 Å². The molecule has 0 radical (unpaired) electrons. The lowest BCUT2D eigenvalue weighted by Crippen LogP contribution is -2.21. The number of carbonyl (C=O) groups is 2. The first kappa shape index (κ1) is 15.2. The molecule has 2 amide bonds. The molecule has 0 unspecified atom stereocenters. The zero-order valence-electron chi connectivity index (χ0n) is 13.1. The van der Waals surface area contributed by atoms with Crippen molar-refractivity contribution in [2.75, 3.05) is 27.2 Å². The van der Waals surface area contributed by atoms with E-state index in [9.17, 15) is 9.59 Å². The van der Waals surface area contributed by atoms with E-state index in [1.54, 1.807) is 0 Å². The fourth-order valence-corrected chi connectivity index (χ4v) is 2.55. The van der Waals surface area contributed by atoms with Crippen molar-refractivity contribution in [1.29, 1.82) is 0 Å². The van der Waals surface area contributed by atoms with Gasteiger partial charge in [-0.25, -0.2) is 0 Å². The summed E-state index contributed by atoms with van der Waals surface area (Å²) in [5.41, 5.74) is 1.09. The van der Waals surface area contributed by atoms with E-state index in [0.29, 0.717) is 23.5 Å². The third kappa shape index (κ3) is 3.24. The minimum Gasteiger partial charge on any atom is -0.492 e. The zero-order valence-corrected chi connectivity index (χ0v) is 13.1. The van der Waals surface area contributed by atoms with Gasteiger partial charge >= 0.3 is 0 Å². The van der Waals surface area contributed by atoms with Crippen molar-refractivity contribution < 1.29 is 14.3 Å². The molecule has 1 heterocycles. The van der Waals surface area contributed by atoms with Crippen molar-refractivity contribution >= 4 is 28.2 Å². The van der Waals surface area contributed by atoms with Crippen molar-refractivity contribution in [3.8, 4) is 5.75 Å². The molecule has 1 aliphatic rings. The maximum atomic E-state index is 12.0. The first-order valence-corrected chi connectivity index (χ1v) is 7.42. The topological polar surface area (TPSA) is 58.6 Å². The van der Waals surface area contributed by atoms with Crippen LogP contribution < -0.4 is 10.1 Å². The van der Waals surface area contributed by atoms with Crippen LogP contribution in [-0.4, -0.2) is 44.0 Å². The molecule has 0 aliphatic carbocycles. The molecular formula is C18H18N2O3. The van der Waals surface area contributed by atoms with Gasteiger partial charge in [-0.1, -0.05) is 24.3 Å². The molecule has 0 fully saturated rings. The lowest BCUT2D eigenvalue weighted by Gasteiger charge is -2.14. The van der Waals surface area contributed by atoms with Gasteiger partial charge in [-0.15, -0.1) is 0 Å². The number of benzene rings is 2. The highest BCUT2D eigenvalue weighted by molar-refractivity contribution is 6.35. The highest BCUT2D eigenvalue weighted by Crippen LogP contribution is 2.31. The van der Waals surface area contributed by atoms with Crippen LogP contribution >= 0.6 is 0 Å². The van der Waals surface area contributed by atoms with Crippen LogP contribution in [0.25, 0.3) is 16.3 Å². The molecule has 5 nitrogen and oxygen atoms in total. The molecule has 5 heteroatoms. The minimum atomic E-state index is -0.381. The summed E-state index contributed by atoms with van der Waals surface area (Å²) in [6, 6.07) is 11.5. The summed E-state index contributed by atoms with van der Waals surface area (Å²) in [5.74, 6) is -0.0628. The molecule has 0 aromatic heterocycles. The fraction of sp³-hybridized carbons (Fsp3) is 0.222. The molecule has 1 aliphatic heterocycles. The average Bonchev–Trinajstić information content (AvgIpc) is 2.84. The van der Waals surface area contributed by atoms with Crippen molar-refractivity contribution in [2.45, 2.75) is 0 Å². The molecule has 0 spiro atoms. The van der Waals surface area contributed by atoms with Gasteiger partial charge in [0.25, 0.3) is 11.8 Å². The Morgan fingerprint density at radius 2 is 1.91 bits per heavy atom. The Kier molecular flexibility index (Phi) is 4.12. The number of amides is 2. The largest absolute Gasteiger partial charge is 0.492 e. The van der Waals surface area contributed by atoms with Gasteiger partial charge < -0.3 is 9.64 Å². The van der Waals surface area contributed by atoms with Gasteiger partial charge in [-0.05, 0) is 42.6 Å². The van der Waals surface area contributed by atoms with Crippen LogP contribution in [0.5, 0.6) is 5.75 Å². The number of imide groups is 1. The number of ether oxygens (including phenoxy) is 1. The second-order valence-electron chi connectivity index (χ2n) is 5.72. The highest BCUT2D eigenvalue weighted by Gasteiger charge is 2.24. The van der Waals surface area contributed by atoms with Crippen LogP contribution in [0.1, 0.15) is 5.56 Å². The Morgan fingerprint density at radius 1 is 1.13 bits per heavy atom. The number of hydrogen-bond acceptors (Lipinski definition) is 4. The highest BCUT2D eigenvalue weighted by atomic mass is 16.5. The smallest absolute Gasteiger partial charge is 0.258 e. The first-order valence-electron chi connectivity index (χ1n) is 7.42. The molecule has 2 aromatic rings. The van der Waals surface area contributed by atoms with Crippen LogP contribution in [-0.2, 0) is 9.59 Å². The number of rotatable bonds is 5. The second-order valence-corrected chi connectivity index (χ2v) is 5.72. The van der Waals surface area contributed by atoms with Crippen LogP contribution in [0.15, 0.2) is 42.5 Å². The summed E-state index contributed by atoms with van der Waals surface area (Å²) in [4.78, 5) is 25.5. The zero-order chi connectivity index (χ0) is 16.4. The van der Waals surface area contributed by atoms with E-state index in [1.807, 2.05) is 55.4 Å². The molecule has 0 bridgehead atoms. The SMILES string of the molecule is CN(C)CCOc1cc(C2=CC(=O)NC2=O)c2ccccc2c1. The van der Waals surface area contributed by atoms with Gasteiger partial charge in [-0.2, -0.15) is 0 Å². The fourth-order valence-electron chi connectivity index (χ4n) is 2.55. The van der Waals surface area contributed by atoms with E-state index in [0.717, 1.165) is 17.3 Å². The summed E-state index contributed by atoms with van der Waals surface area (Å²) in [6.07, 6.45) is 1.34. The summed E-state index contributed by atoms with van der Waals surface area (Å²) < 4.78 is 5.80. The maximum absolute atomic E-state index is 12.0. The minimum absolute atomic E-state index is 0.370. The van der Waals surface area contributed by atoms with Crippen molar-refractivity contribution in [2.24, 2.45) is 0 Å². The van der Waals surface area contributed by atoms with Crippen LogP contribution in [0, 0.1) is 0 Å². The Labute approximate surface area is 134 Å². The maximum Gasteiger partial charge on any atom is 0.258 e. The van der Waals surface area contributed by atoms with Crippen molar-refractivity contribution in [1.82, 2.24) is 10.2 Å². The van der Waals surface area contributed by atoms with Gasteiger partial charge in [0, 0.05) is 12.6 Å². The number of hydrogen-bond donors (Lipinski definition) is 1. The van der Waals surface area contributed by atoms with E-state index < -0.39 is 0 Å². The van der Waals surface area contributed by atoms with E-state index >= 15 is 0 Å². The molecule has 1 N–H and O–H groups in total. The van der Waals surface area contributed by atoms with E-state index in [4.69, 9.17) is 4.74 Å². The van der Waals surface area contributed by atoms with Crippen molar-refractivity contribution in [3.63, 3.8) is 0 Å². The molecule has 3 rings (SSSR count). The molecule has 0 saturated heterocycles. The molecule has 2 aromatic carbocycles. The molecule has 23 heavy (non-hydrogen) atoms. The van der Waals surface area contributed by atoms with E-state index in [-0.39, 0.29) is 11.8 Å². The lowest BCUT2D eigenvalue weighted by atomic mass is 9.98. The van der Waals surface area contributed by atoms with Gasteiger partial charge in [0.15, 0.2) is 0 Å². The number of carbonyl (C=O) groups excluding carboxylic acids is 2. The lowest BCUT2D eigenvalue weighted by molar-refractivity contribution is -0.123. The quantitative estimate of drug-likeness (QED) is 0.856. The number of fused-ring (bicyclic) bond motifs is 1. The van der Waals surface area contributed by atoms with Crippen LogP contribution in [0.2, 0.25) is 0 Å². The van der Waals surface area contributed by atoms with Crippen LogP contribution in [0.3, 0.4) is 0 Å². The summed E-state index contributed by atoms with van der Waals surface area (Å²) in [7, 11) is 3.96. The predicted octanol–water partition coefficient (Wildman–Crippen LogP) is 1.82. The Morgan fingerprint density at radius 3 is 2.61 bits per heavy atom. The van der Waals surface area contributed by atoms with Gasteiger partial charge in [0.1, 0.15) is 12.4 Å².